The van der Waals surface area contributed by atoms with E-state index in [0.717, 1.165) is 23.7 Å². The Morgan fingerprint density at radius 1 is 0.559 bits per heavy atom. The van der Waals surface area contributed by atoms with Gasteiger partial charge in [-0.3, -0.25) is 0 Å². The predicted molar refractivity (Wildman–Crippen MR) is 154 cm³/mol. The molecule has 0 radical (unpaired) electrons. The second-order valence-corrected chi connectivity index (χ2v) is 13.2. The highest BCUT2D eigenvalue weighted by Gasteiger charge is 2.27. The van der Waals surface area contributed by atoms with Crippen LogP contribution in [-0.2, 0) is 0 Å². The second-order valence-electron chi connectivity index (χ2n) is 9.13. The van der Waals surface area contributed by atoms with Crippen molar-refractivity contribution in [2.24, 2.45) is 0 Å². The van der Waals surface area contributed by atoms with Crippen LogP contribution in [0.3, 0.4) is 0 Å². The highest BCUT2D eigenvalue weighted by Crippen LogP contribution is 2.31. The summed E-state index contributed by atoms with van der Waals surface area (Å²) in [6.45, 7) is 12.0. The van der Waals surface area contributed by atoms with Gasteiger partial charge >= 0.3 is 0 Å². The van der Waals surface area contributed by atoms with Gasteiger partial charge < -0.3 is 0 Å². The minimum atomic E-state index is -1.90. The summed E-state index contributed by atoms with van der Waals surface area (Å²) >= 11 is 0. The Hall–Kier alpha value is -3.86. The Balaban J connectivity index is 1.68. The van der Waals surface area contributed by atoms with Crippen molar-refractivity contribution in [3.63, 3.8) is 0 Å². The van der Waals surface area contributed by atoms with Crippen molar-refractivity contribution < 1.29 is 0 Å². The summed E-state index contributed by atoms with van der Waals surface area (Å²) in [6.07, 6.45) is 6.04. The van der Waals surface area contributed by atoms with Gasteiger partial charge in [-0.1, -0.05) is 60.5 Å². The maximum absolute atomic E-state index is 3.99. The quantitative estimate of drug-likeness (QED) is 0.104. The van der Waals surface area contributed by atoms with Crippen molar-refractivity contribution in [2.45, 2.75) is 18.1 Å². The zero-order valence-electron chi connectivity index (χ0n) is 19.5. The molecule has 0 saturated carbocycles. The fourth-order valence-corrected chi connectivity index (χ4v) is 7.87. The Kier molecular flexibility index (Phi) is 5.93. The van der Waals surface area contributed by atoms with E-state index in [-0.39, 0.29) is 0 Å². The molecule has 0 aliphatic carbocycles. The van der Waals surface area contributed by atoms with Gasteiger partial charge in [0.25, 0.3) is 0 Å². The molecule has 164 valence electrons. The van der Waals surface area contributed by atoms with E-state index in [1.165, 1.54) is 43.1 Å². The maximum atomic E-state index is 3.99. The largest absolute Gasteiger partial charge is 0.149 e. The summed E-state index contributed by atoms with van der Waals surface area (Å²) in [7, 11) is -1.90. The summed E-state index contributed by atoms with van der Waals surface area (Å²) in [5, 5.41) is 10.0. The molecular weight excluding hydrogens is 424 g/mol. The van der Waals surface area contributed by atoms with Crippen LogP contribution < -0.4 is 0 Å². The Labute approximate surface area is 202 Å². The van der Waals surface area contributed by atoms with Gasteiger partial charge in [0, 0.05) is 5.56 Å². The van der Waals surface area contributed by atoms with Crippen LogP contribution in [-0.4, -0.2) is 8.07 Å². The molecule has 5 aromatic carbocycles. The fraction of sp³-hybridized carbons (Fsp3) is 0.0909. The fourth-order valence-electron chi connectivity index (χ4n) is 5.01. The third-order valence-electron chi connectivity index (χ3n) is 6.72. The Bertz CT molecular complexity index is 1620. The van der Waals surface area contributed by atoms with Crippen LogP contribution in [0.1, 0.15) is 5.56 Å². The molecule has 1 heteroatoms. The summed E-state index contributed by atoms with van der Waals surface area (Å²) in [6, 6.07) is 31.7. The van der Waals surface area contributed by atoms with E-state index >= 15 is 0 Å². The number of rotatable bonds is 6. The van der Waals surface area contributed by atoms with Gasteiger partial charge in [-0.05, 0) is 104 Å². The lowest BCUT2D eigenvalue weighted by molar-refractivity contribution is 1.40. The Morgan fingerprint density at radius 3 is 1.59 bits per heavy atom. The third kappa shape index (κ3) is 4.09. The lowest BCUT2D eigenvalue weighted by atomic mass is 9.96. The van der Waals surface area contributed by atoms with Gasteiger partial charge in [0.1, 0.15) is 8.07 Å². The normalized spacial score (nSPS) is 11.4. The SMILES string of the molecule is C=CC[Si](C#Cc1cccc2cc3cc4cc5ccccc5cc4cc3cc12)(CC=C)CC=C. The zero-order chi connectivity index (χ0) is 23.5. The first kappa shape index (κ1) is 22.0. The first-order chi connectivity index (χ1) is 16.6. The molecule has 0 spiro atoms. The molecule has 0 fully saturated rings. The predicted octanol–water partition coefficient (Wildman–Crippen LogP) is 9.20. The van der Waals surface area contributed by atoms with Gasteiger partial charge in [0.15, 0.2) is 0 Å². The standard InChI is InChI=1S/C33H28Si/c1-4-15-34(16-5-2,17-6-3)18-14-25-12-9-13-28-21-31-22-29-19-26-10-7-8-11-27(26)20-30(29)23-32(31)24-33(25)28/h4-13,19-24H,1-3,15-17H2. The first-order valence-corrected chi connectivity index (χ1v) is 14.4. The van der Waals surface area contributed by atoms with E-state index in [4.69, 9.17) is 0 Å². The molecule has 0 N–H and O–H groups in total. The molecule has 0 nitrogen and oxygen atoms in total. The lowest BCUT2D eigenvalue weighted by Gasteiger charge is -2.21. The number of allylic oxidation sites excluding steroid dienone is 3. The van der Waals surface area contributed by atoms with E-state index in [1.807, 2.05) is 18.2 Å². The molecule has 0 aromatic heterocycles. The van der Waals surface area contributed by atoms with E-state index in [9.17, 15) is 0 Å². The van der Waals surface area contributed by atoms with Crippen molar-refractivity contribution in [1.29, 1.82) is 0 Å². The van der Waals surface area contributed by atoms with Gasteiger partial charge in [0.05, 0.1) is 0 Å². The molecule has 5 rings (SSSR count). The zero-order valence-corrected chi connectivity index (χ0v) is 20.5. The molecule has 0 bridgehead atoms. The van der Waals surface area contributed by atoms with Crippen molar-refractivity contribution in [3.8, 4) is 11.5 Å². The van der Waals surface area contributed by atoms with E-state index in [0.29, 0.717) is 0 Å². The Morgan fingerprint density at radius 2 is 1.03 bits per heavy atom. The van der Waals surface area contributed by atoms with E-state index < -0.39 is 8.07 Å². The monoisotopic (exact) mass is 452 g/mol. The highest BCUT2D eigenvalue weighted by molar-refractivity contribution is 6.88. The number of fused-ring (bicyclic) bond motifs is 4. The van der Waals surface area contributed by atoms with Crippen LogP contribution in [0.25, 0.3) is 43.1 Å². The topological polar surface area (TPSA) is 0 Å². The molecule has 0 heterocycles. The summed E-state index contributed by atoms with van der Waals surface area (Å²) in [5.41, 5.74) is 4.81. The van der Waals surface area contributed by atoms with Gasteiger partial charge in [0.2, 0.25) is 0 Å². The van der Waals surface area contributed by atoms with Crippen LogP contribution in [0.5, 0.6) is 0 Å². The lowest BCUT2D eigenvalue weighted by Crippen LogP contribution is -2.30. The van der Waals surface area contributed by atoms with Crippen molar-refractivity contribution >= 4 is 51.2 Å². The van der Waals surface area contributed by atoms with Crippen molar-refractivity contribution in [3.05, 3.63) is 122 Å². The van der Waals surface area contributed by atoms with Crippen LogP contribution >= 0.6 is 0 Å². The molecule has 0 aliphatic heterocycles. The summed E-state index contributed by atoms with van der Waals surface area (Å²) in [5.74, 6) is 3.58. The first-order valence-electron chi connectivity index (χ1n) is 11.8. The average Bonchev–Trinajstić information content (AvgIpc) is 2.84. The van der Waals surface area contributed by atoms with Gasteiger partial charge in [-0.2, -0.15) is 0 Å². The summed E-state index contributed by atoms with van der Waals surface area (Å²) < 4.78 is 0. The van der Waals surface area contributed by atoms with Crippen LogP contribution in [0, 0.1) is 11.5 Å². The van der Waals surface area contributed by atoms with E-state index in [2.05, 4.69) is 110 Å². The van der Waals surface area contributed by atoms with Gasteiger partial charge in [-0.25, -0.2) is 0 Å². The highest BCUT2D eigenvalue weighted by atomic mass is 28.3. The molecule has 34 heavy (non-hydrogen) atoms. The van der Waals surface area contributed by atoms with Crippen molar-refractivity contribution in [2.75, 3.05) is 0 Å². The molecule has 0 unspecified atom stereocenters. The third-order valence-corrected chi connectivity index (χ3v) is 10.6. The minimum Gasteiger partial charge on any atom is -0.125 e. The van der Waals surface area contributed by atoms with Gasteiger partial charge in [-0.15, -0.1) is 25.3 Å². The molecular formula is C33H28Si. The molecule has 0 atom stereocenters. The molecule has 5 aromatic rings. The summed E-state index contributed by atoms with van der Waals surface area (Å²) in [4.78, 5) is 0. The van der Waals surface area contributed by atoms with Crippen molar-refractivity contribution in [1.82, 2.24) is 0 Å². The maximum Gasteiger partial charge on any atom is 0.149 e. The average molecular weight is 453 g/mol. The molecule has 0 saturated heterocycles. The van der Waals surface area contributed by atoms with Crippen LogP contribution in [0.2, 0.25) is 18.1 Å². The van der Waals surface area contributed by atoms with Crippen LogP contribution in [0.15, 0.2) is 117 Å². The number of hydrogen-bond donors (Lipinski definition) is 0. The molecule has 0 aliphatic rings. The minimum absolute atomic E-state index is 0.950. The molecule has 0 amide bonds. The van der Waals surface area contributed by atoms with Crippen LogP contribution in [0.4, 0.5) is 0 Å². The second kappa shape index (κ2) is 9.18. The number of hydrogen-bond acceptors (Lipinski definition) is 0. The van der Waals surface area contributed by atoms with E-state index in [1.54, 1.807) is 0 Å². The smallest absolute Gasteiger partial charge is 0.125 e. The number of benzene rings is 5.